The molecule has 4 nitrogen and oxygen atoms in total. The SMILES string of the molecule is CC(C)(C)c1cc(C=N[C@H]2CCCC[C@@H]2N=Cc2cc(C(C)(C)C)cc(C(C)(C)C)c2O)c(O)c(C(C)(C)C)c1.[Cl][Cr]([Cl])[Cl]. The molecule has 2 N–H and O–H groups in total. The van der Waals surface area contributed by atoms with E-state index in [2.05, 4.69) is 107 Å². The van der Waals surface area contributed by atoms with Crippen molar-refractivity contribution in [2.45, 2.75) is 143 Å². The first kappa shape index (κ1) is 39.0. The Morgan fingerprint density at radius 1 is 0.591 bits per heavy atom. The van der Waals surface area contributed by atoms with Gasteiger partial charge in [0.05, 0.1) is 12.1 Å². The van der Waals surface area contributed by atoms with Gasteiger partial charge in [-0.1, -0.05) is 108 Å². The van der Waals surface area contributed by atoms with Crippen molar-refractivity contribution in [3.05, 3.63) is 57.6 Å². The number of nitrogens with zero attached hydrogens (tertiary/aromatic N) is 2. The summed E-state index contributed by atoms with van der Waals surface area (Å²) in [6.07, 6.45) is 7.90. The van der Waals surface area contributed by atoms with Gasteiger partial charge in [-0.2, -0.15) is 0 Å². The van der Waals surface area contributed by atoms with Gasteiger partial charge in [0.2, 0.25) is 0 Å². The second-order valence-electron chi connectivity index (χ2n) is 16.1. The first-order chi connectivity index (χ1) is 19.9. The van der Waals surface area contributed by atoms with E-state index in [9.17, 15) is 10.2 Å². The molecule has 0 heterocycles. The summed E-state index contributed by atoms with van der Waals surface area (Å²) in [5, 5.41) is 22.5. The van der Waals surface area contributed by atoms with E-state index in [-0.39, 0.29) is 33.7 Å². The van der Waals surface area contributed by atoms with Crippen LogP contribution in [0, 0.1) is 0 Å². The zero-order valence-corrected chi connectivity index (χ0v) is 32.3. The van der Waals surface area contributed by atoms with E-state index in [1.165, 1.54) is 11.1 Å². The summed E-state index contributed by atoms with van der Waals surface area (Å²) in [6, 6.07) is 8.53. The number of hydrogen-bond acceptors (Lipinski definition) is 4. The van der Waals surface area contributed by atoms with Crippen LogP contribution >= 0.6 is 30.1 Å². The predicted octanol–water partition coefficient (Wildman–Crippen LogP) is 11.2. The summed E-state index contributed by atoms with van der Waals surface area (Å²) in [5.41, 5.74) is 5.39. The standard InChI is InChI=1S/C36H54N2O2.3ClH.Cr/c1-33(2,3)25-17-23(31(39)27(19-25)35(7,8)9)21-37-29-15-13-14-16-30(29)38-22-24-18-26(34(4,5)6)20-28(32(24)40)36(10,11)12;;;;/h17-22,29-30,39-40H,13-16H2,1-12H3;3*1H;/q;;;;+3/p-3/t29-,30-;;;;/m0..../s1. The quantitative estimate of drug-likeness (QED) is 0.311. The normalized spacial score (nSPS) is 18.6. The minimum atomic E-state index is -1.62. The zero-order valence-electron chi connectivity index (χ0n) is 28.8. The Morgan fingerprint density at radius 2 is 0.886 bits per heavy atom. The molecule has 1 aliphatic carbocycles. The fraction of sp³-hybridized carbons (Fsp3) is 0.611. The van der Waals surface area contributed by atoms with Crippen LogP contribution in [-0.4, -0.2) is 34.7 Å². The van der Waals surface area contributed by atoms with Crippen LogP contribution in [0.4, 0.5) is 0 Å². The second-order valence-corrected chi connectivity index (χ2v) is 22.4. The van der Waals surface area contributed by atoms with E-state index in [4.69, 9.17) is 40.1 Å². The van der Waals surface area contributed by atoms with Crippen molar-refractivity contribution in [1.29, 1.82) is 0 Å². The predicted molar refractivity (Wildman–Crippen MR) is 190 cm³/mol. The van der Waals surface area contributed by atoms with Gasteiger partial charge in [-0.05, 0) is 57.8 Å². The topological polar surface area (TPSA) is 65.2 Å². The van der Waals surface area contributed by atoms with Crippen LogP contribution in [0.1, 0.15) is 142 Å². The van der Waals surface area contributed by atoms with Gasteiger partial charge in [-0.3, -0.25) is 9.98 Å². The third-order valence-electron chi connectivity index (χ3n) is 8.13. The Labute approximate surface area is 284 Å². The molecule has 1 fully saturated rings. The van der Waals surface area contributed by atoms with Gasteiger partial charge in [0.1, 0.15) is 11.5 Å². The Balaban J connectivity index is 0.00000159. The molecule has 0 amide bonds. The van der Waals surface area contributed by atoms with Gasteiger partial charge in [0.25, 0.3) is 0 Å². The molecular weight excluding hydrogens is 651 g/mol. The Bertz CT molecular complexity index is 1230. The molecule has 0 saturated heterocycles. The van der Waals surface area contributed by atoms with E-state index >= 15 is 0 Å². The maximum atomic E-state index is 11.2. The average molecular weight is 705 g/mol. The van der Waals surface area contributed by atoms with Crippen LogP contribution in [0.2, 0.25) is 0 Å². The number of hydrogen-bond donors (Lipinski definition) is 2. The van der Waals surface area contributed by atoms with Crippen LogP contribution in [0.5, 0.6) is 11.5 Å². The minimum absolute atomic E-state index is 0.0378. The molecule has 2 atom stereocenters. The molecule has 2 aromatic rings. The van der Waals surface area contributed by atoms with Crippen molar-refractivity contribution in [1.82, 2.24) is 0 Å². The van der Waals surface area contributed by atoms with E-state index in [0.717, 1.165) is 47.9 Å². The molecule has 2 aromatic carbocycles. The number of phenols is 2. The van der Waals surface area contributed by atoms with Crippen LogP contribution < -0.4 is 0 Å². The molecule has 247 valence electrons. The Morgan fingerprint density at radius 3 is 1.14 bits per heavy atom. The van der Waals surface area contributed by atoms with E-state index in [1.807, 2.05) is 12.4 Å². The van der Waals surface area contributed by atoms with Crippen molar-refractivity contribution in [2.24, 2.45) is 9.98 Å². The summed E-state index contributed by atoms with van der Waals surface area (Å²) in [7, 11) is 14.8. The van der Waals surface area contributed by atoms with Crippen molar-refractivity contribution in [3.8, 4) is 11.5 Å². The molecule has 1 saturated carbocycles. The maximum absolute atomic E-state index is 11.2. The van der Waals surface area contributed by atoms with Crippen molar-refractivity contribution >= 4 is 42.6 Å². The molecule has 0 bridgehead atoms. The number of benzene rings is 2. The number of halogens is 3. The van der Waals surface area contributed by atoms with Crippen molar-refractivity contribution in [3.63, 3.8) is 0 Å². The third kappa shape index (κ3) is 11.2. The van der Waals surface area contributed by atoms with Gasteiger partial charge in [0.15, 0.2) is 0 Å². The summed E-state index contributed by atoms with van der Waals surface area (Å²) in [4.78, 5) is 10.1. The molecule has 0 aromatic heterocycles. The molecule has 0 spiro atoms. The summed E-state index contributed by atoms with van der Waals surface area (Å²) >= 11 is -1.62. The van der Waals surface area contributed by atoms with Crippen molar-refractivity contribution in [2.75, 3.05) is 0 Å². The van der Waals surface area contributed by atoms with E-state index in [1.54, 1.807) is 0 Å². The molecule has 1 aliphatic rings. The number of aromatic hydroxyl groups is 2. The van der Waals surface area contributed by atoms with Crippen LogP contribution in [0.3, 0.4) is 0 Å². The van der Waals surface area contributed by atoms with E-state index < -0.39 is 11.4 Å². The van der Waals surface area contributed by atoms with Crippen LogP contribution in [-0.2, 0) is 33.0 Å². The molecule has 3 rings (SSSR count). The van der Waals surface area contributed by atoms with Gasteiger partial charge in [-0.25, -0.2) is 0 Å². The molecule has 0 aliphatic heterocycles. The molecule has 0 radical (unpaired) electrons. The molecule has 44 heavy (non-hydrogen) atoms. The Hall–Kier alpha value is -1.22. The first-order valence-corrected chi connectivity index (χ1v) is 20.7. The van der Waals surface area contributed by atoms with Gasteiger partial charge in [-0.15, -0.1) is 0 Å². The van der Waals surface area contributed by atoms with Crippen molar-refractivity contribution < 1.29 is 21.6 Å². The molecule has 0 unspecified atom stereocenters. The zero-order chi connectivity index (χ0) is 33.8. The fourth-order valence-electron chi connectivity index (χ4n) is 5.31. The second kappa shape index (κ2) is 15.1. The van der Waals surface area contributed by atoms with Crippen LogP contribution in [0.25, 0.3) is 0 Å². The van der Waals surface area contributed by atoms with Crippen LogP contribution in [0.15, 0.2) is 34.3 Å². The van der Waals surface area contributed by atoms with Gasteiger partial charge >= 0.3 is 41.5 Å². The number of aliphatic imine (C=N–C) groups is 2. The third-order valence-corrected chi connectivity index (χ3v) is 8.13. The number of rotatable bonds is 4. The molecular formula is C36H54Cl3CrN2O2. The monoisotopic (exact) mass is 703 g/mol. The van der Waals surface area contributed by atoms with E-state index in [0.29, 0.717) is 11.5 Å². The number of phenolic OH excluding ortho intramolecular Hbond substituents is 2. The molecule has 8 heteroatoms. The summed E-state index contributed by atoms with van der Waals surface area (Å²) in [6.45, 7) is 26.0. The first-order valence-electron chi connectivity index (χ1n) is 15.5. The Kier molecular flexibility index (Phi) is 13.4. The van der Waals surface area contributed by atoms with Gasteiger partial charge in [0, 0.05) is 34.7 Å². The summed E-state index contributed by atoms with van der Waals surface area (Å²) in [5.74, 6) is 0.637. The summed E-state index contributed by atoms with van der Waals surface area (Å²) < 4.78 is 0. The fourth-order valence-corrected chi connectivity index (χ4v) is 5.31. The van der Waals surface area contributed by atoms with Gasteiger partial charge < -0.3 is 10.2 Å². The average Bonchev–Trinajstić information content (AvgIpc) is 2.84.